The van der Waals surface area contributed by atoms with Crippen LogP contribution < -0.4 is 4.74 Å². The van der Waals surface area contributed by atoms with Gasteiger partial charge in [-0.3, -0.25) is 9.59 Å². The fraction of sp³-hybridized carbons (Fsp3) is 0.316. The van der Waals surface area contributed by atoms with Gasteiger partial charge in [-0.15, -0.1) is 0 Å². The van der Waals surface area contributed by atoms with E-state index in [4.69, 9.17) is 14.6 Å². The molecule has 16 nitrogen and oxygen atoms in total. The van der Waals surface area contributed by atoms with Crippen LogP contribution >= 0.6 is 0 Å². The van der Waals surface area contributed by atoms with Crippen molar-refractivity contribution in [3.63, 3.8) is 0 Å². The lowest BCUT2D eigenvalue weighted by molar-refractivity contribution is -0.277. The molecule has 5 atom stereocenters. The Hall–Kier alpha value is -5.62. The zero-order valence-corrected chi connectivity index (χ0v) is 27.4. The third kappa shape index (κ3) is 11.7. The summed E-state index contributed by atoms with van der Waals surface area (Å²) in [7, 11) is 0. The standard InChI is InChI=1S/C21H24O10.C15H14O5.2CH4.H2O/c22-9-16-18(27)19(28)20(29)21(31-16)30-15-8-12(24)7-14(26)17(15)13(25)6-3-10-1-4-11(23)5-2-10;16-10-4-1-9(2-5-10)3-6-12(18)15-13(19)7-11(17)8-14(15)20;;;/h1-2,4-5,7-8,16,18-24,26-29H,3,6,9H2;1-2,4-5,7-8,16-17,19-20H,3,6H2;2*1H4;1H2. The second-order valence-corrected chi connectivity index (χ2v) is 11.7. The minimum Gasteiger partial charge on any atom is -0.508 e. The topological polar surface area (TPSA) is 307 Å². The molecule has 0 radical (unpaired) electrons. The van der Waals surface area contributed by atoms with Crippen LogP contribution in [-0.2, 0) is 17.6 Å². The zero-order valence-electron chi connectivity index (χ0n) is 27.4. The van der Waals surface area contributed by atoms with Crippen molar-refractivity contribution in [1.29, 1.82) is 0 Å². The van der Waals surface area contributed by atoms with E-state index < -0.39 is 71.9 Å². The number of ether oxygens (including phenoxy) is 2. The van der Waals surface area contributed by atoms with Crippen LogP contribution in [0.2, 0.25) is 0 Å². The molecule has 296 valence electrons. The molecule has 0 saturated carbocycles. The Balaban J connectivity index is 0.000000554. The van der Waals surface area contributed by atoms with Crippen LogP contribution in [0, 0.1) is 0 Å². The van der Waals surface area contributed by atoms with Crippen LogP contribution in [0.1, 0.15) is 59.5 Å². The molecule has 0 aliphatic carbocycles. The van der Waals surface area contributed by atoms with E-state index in [-0.39, 0.29) is 67.3 Å². The number of aliphatic hydroxyl groups excluding tert-OH is 4. The predicted molar refractivity (Wildman–Crippen MR) is 194 cm³/mol. The number of aromatic hydroxyl groups is 7. The van der Waals surface area contributed by atoms with Gasteiger partial charge in [-0.2, -0.15) is 0 Å². The van der Waals surface area contributed by atoms with Crippen LogP contribution in [0.4, 0.5) is 0 Å². The second kappa shape index (κ2) is 20.6. The van der Waals surface area contributed by atoms with Gasteiger partial charge < -0.3 is 71.1 Å². The Bertz CT molecular complexity index is 1780. The highest BCUT2D eigenvalue weighted by Crippen LogP contribution is 2.37. The summed E-state index contributed by atoms with van der Waals surface area (Å²) in [5.41, 5.74) is 1.16. The van der Waals surface area contributed by atoms with Crippen molar-refractivity contribution < 1.29 is 80.7 Å². The van der Waals surface area contributed by atoms with Crippen molar-refractivity contribution in [3.8, 4) is 46.0 Å². The average Bonchev–Trinajstić information content (AvgIpc) is 3.07. The van der Waals surface area contributed by atoms with Crippen molar-refractivity contribution in [3.05, 3.63) is 95.1 Å². The van der Waals surface area contributed by atoms with Gasteiger partial charge >= 0.3 is 0 Å². The van der Waals surface area contributed by atoms with Crippen LogP contribution in [0.25, 0.3) is 0 Å². The summed E-state index contributed by atoms with van der Waals surface area (Å²) in [4.78, 5) is 24.8. The molecule has 0 bridgehead atoms. The highest BCUT2D eigenvalue weighted by Gasteiger charge is 2.45. The van der Waals surface area contributed by atoms with Crippen molar-refractivity contribution in [2.45, 2.75) is 71.2 Å². The molecule has 4 aromatic carbocycles. The summed E-state index contributed by atoms with van der Waals surface area (Å²) in [6, 6.07) is 16.7. The van der Waals surface area contributed by atoms with Gasteiger partial charge in [-0.1, -0.05) is 39.1 Å². The van der Waals surface area contributed by atoms with E-state index in [9.17, 15) is 60.7 Å². The molecule has 4 aromatic rings. The molecule has 1 aliphatic heterocycles. The number of hydrogen-bond acceptors (Lipinski definition) is 15. The van der Waals surface area contributed by atoms with Gasteiger partial charge in [0.2, 0.25) is 6.29 Å². The van der Waals surface area contributed by atoms with Gasteiger partial charge in [-0.25, -0.2) is 0 Å². The number of hydrogen-bond donors (Lipinski definition) is 11. The first-order valence-electron chi connectivity index (χ1n) is 15.6. The van der Waals surface area contributed by atoms with E-state index in [0.717, 1.165) is 35.4 Å². The van der Waals surface area contributed by atoms with Crippen molar-refractivity contribution in [2.75, 3.05) is 6.61 Å². The van der Waals surface area contributed by atoms with Crippen LogP contribution in [0.15, 0.2) is 72.8 Å². The van der Waals surface area contributed by atoms with E-state index >= 15 is 0 Å². The number of phenols is 7. The summed E-state index contributed by atoms with van der Waals surface area (Å²) in [5.74, 6) is -3.22. The van der Waals surface area contributed by atoms with E-state index in [1.54, 1.807) is 24.3 Å². The van der Waals surface area contributed by atoms with E-state index in [0.29, 0.717) is 12.8 Å². The van der Waals surface area contributed by atoms with Crippen LogP contribution in [0.5, 0.6) is 46.0 Å². The summed E-state index contributed by atoms with van der Waals surface area (Å²) in [6.45, 7) is -0.672. The van der Waals surface area contributed by atoms with E-state index in [1.165, 1.54) is 24.3 Å². The molecule has 16 heteroatoms. The zero-order chi connectivity index (χ0) is 37.4. The molecule has 0 amide bonds. The average molecular weight is 761 g/mol. The highest BCUT2D eigenvalue weighted by molar-refractivity contribution is 6.02. The number of ketones is 2. The maximum Gasteiger partial charge on any atom is 0.229 e. The van der Waals surface area contributed by atoms with Gasteiger partial charge in [0.15, 0.2) is 11.6 Å². The molecule has 54 heavy (non-hydrogen) atoms. The number of carbonyl (C=O) groups is 2. The van der Waals surface area contributed by atoms with Crippen molar-refractivity contribution in [1.82, 2.24) is 0 Å². The normalized spacial score (nSPS) is 18.7. The fourth-order valence-electron chi connectivity index (χ4n) is 5.22. The van der Waals surface area contributed by atoms with Gasteiger partial charge in [0.1, 0.15) is 81.5 Å². The molecule has 1 fully saturated rings. The summed E-state index contributed by atoms with van der Waals surface area (Å²) in [6.07, 6.45) is -7.10. The minimum atomic E-state index is -1.73. The molecule has 1 saturated heterocycles. The second-order valence-electron chi connectivity index (χ2n) is 11.7. The molecule has 0 aromatic heterocycles. The van der Waals surface area contributed by atoms with Crippen LogP contribution in [0.3, 0.4) is 0 Å². The maximum absolute atomic E-state index is 12.8. The Morgan fingerprint density at radius 1 is 0.574 bits per heavy atom. The Morgan fingerprint density at radius 3 is 1.43 bits per heavy atom. The first-order valence-corrected chi connectivity index (χ1v) is 15.6. The fourth-order valence-corrected chi connectivity index (χ4v) is 5.22. The number of aryl methyl sites for hydroxylation is 2. The molecule has 1 aliphatic rings. The summed E-state index contributed by atoms with van der Waals surface area (Å²) in [5, 5.41) is 106. The molecule has 5 unspecified atom stereocenters. The maximum atomic E-state index is 12.8. The number of rotatable bonds is 11. The van der Waals surface area contributed by atoms with Crippen LogP contribution in [-0.4, -0.2) is 111 Å². The smallest absolute Gasteiger partial charge is 0.229 e. The van der Waals surface area contributed by atoms with E-state index in [1.807, 2.05) is 0 Å². The van der Waals surface area contributed by atoms with E-state index in [2.05, 4.69) is 0 Å². The Kier molecular flexibility index (Phi) is 17.7. The number of carbonyl (C=O) groups excluding carboxylic acids is 2. The number of phenolic OH excluding ortho intramolecular Hbond substituents is 7. The third-order valence-electron chi connectivity index (χ3n) is 7.95. The SMILES string of the molecule is C.C.O.O=C(CCc1ccc(O)cc1)c1c(O)cc(O)cc1O.O=C(CCc1ccc(O)cc1)c1c(O)cc(O)cc1OC1OC(CO)C(O)C(O)C1O. The van der Waals surface area contributed by atoms with Gasteiger partial charge in [-0.05, 0) is 48.2 Å². The molecular weight excluding hydrogens is 712 g/mol. The molecular formula is C38H48O16. The Morgan fingerprint density at radius 2 is 0.981 bits per heavy atom. The summed E-state index contributed by atoms with van der Waals surface area (Å²) < 4.78 is 10.7. The monoisotopic (exact) mass is 760 g/mol. The lowest BCUT2D eigenvalue weighted by atomic mass is 9.99. The number of Topliss-reactive ketones (excluding diaryl/α,β-unsaturated/α-hetero) is 2. The molecule has 13 N–H and O–H groups in total. The number of benzene rings is 4. The third-order valence-corrected chi connectivity index (χ3v) is 7.95. The summed E-state index contributed by atoms with van der Waals surface area (Å²) >= 11 is 0. The lowest BCUT2D eigenvalue weighted by Crippen LogP contribution is -2.60. The first-order chi connectivity index (χ1) is 24.2. The molecule has 0 spiro atoms. The van der Waals surface area contributed by atoms with Crippen molar-refractivity contribution in [2.24, 2.45) is 0 Å². The van der Waals surface area contributed by atoms with Gasteiger partial charge in [0.05, 0.1) is 6.61 Å². The largest absolute Gasteiger partial charge is 0.508 e. The number of aliphatic hydroxyl groups is 4. The molecule has 1 heterocycles. The minimum absolute atomic E-state index is 0. The quantitative estimate of drug-likeness (QED) is 0.0979. The predicted octanol–water partition coefficient (Wildman–Crippen LogP) is 2.57. The van der Waals surface area contributed by atoms with Gasteiger partial charge in [0, 0.05) is 37.1 Å². The highest BCUT2D eigenvalue weighted by atomic mass is 16.7. The van der Waals surface area contributed by atoms with Crippen molar-refractivity contribution >= 4 is 11.6 Å². The van der Waals surface area contributed by atoms with Gasteiger partial charge in [0.25, 0.3) is 0 Å². The first kappa shape index (κ1) is 46.4. The lowest BCUT2D eigenvalue weighted by Gasteiger charge is -2.39. The molecule has 5 rings (SSSR count). The Labute approximate surface area is 310 Å².